The number of carboxylic acids is 1. The predicted octanol–water partition coefficient (Wildman–Crippen LogP) is -1.40. The SMILES string of the molecule is C=CC[C@@H](CCC)C(=O)O.C=CC[C@@H](CCC)C(=O)OCC.CCI.O=CO[O-].[H-].[K+].[K+]. The van der Waals surface area contributed by atoms with Crippen LogP contribution < -0.4 is 108 Å². The third-order valence-electron chi connectivity index (χ3n) is 3.19. The molecule has 0 rings (SSSR count). The van der Waals surface area contributed by atoms with Gasteiger partial charge in [-0.2, -0.15) is 0 Å². The third kappa shape index (κ3) is 42.5. The minimum absolute atomic E-state index is 0. The molecule has 2 atom stereocenters. The number of hydrogen-bond acceptors (Lipinski definition) is 6. The molecule has 0 unspecified atom stereocenters. The van der Waals surface area contributed by atoms with E-state index in [2.05, 4.69) is 54.5 Å². The van der Waals surface area contributed by atoms with Crippen LogP contribution in [0.1, 0.15) is 67.6 Å². The van der Waals surface area contributed by atoms with Crippen LogP contribution in [0.2, 0.25) is 0 Å². The number of carbonyl (C=O) groups excluding carboxylic acids is 2. The van der Waals surface area contributed by atoms with E-state index >= 15 is 0 Å². The summed E-state index contributed by atoms with van der Waals surface area (Å²) in [6, 6.07) is 0. The van der Waals surface area contributed by atoms with Crippen molar-refractivity contribution in [3.05, 3.63) is 25.3 Å². The van der Waals surface area contributed by atoms with Gasteiger partial charge in [0.25, 0.3) is 6.47 Å². The Kier molecular flexibility index (Phi) is 62.7. The second kappa shape index (κ2) is 42.0. The molecule has 7 nitrogen and oxygen atoms in total. The summed E-state index contributed by atoms with van der Waals surface area (Å²) in [5.74, 6) is -0.990. The molecule has 0 aliphatic rings. The normalized spacial score (nSPS) is 10.0. The Morgan fingerprint density at radius 1 is 1.03 bits per heavy atom. The first-order valence-corrected chi connectivity index (χ1v) is 11.2. The average molecular weight is 609 g/mol. The summed E-state index contributed by atoms with van der Waals surface area (Å²) < 4.78 is 6.14. The molecule has 0 aromatic heterocycles. The molecule has 0 amide bonds. The fraction of sp³-hybridized carbons (Fsp3) is 0.667. The van der Waals surface area contributed by atoms with Crippen molar-refractivity contribution >= 4 is 41.0 Å². The van der Waals surface area contributed by atoms with Gasteiger partial charge in [0.05, 0.1) is 18.4 Å². The van der Waals surface area contributed by atoms with E-state index < -0.39 is 5.97 Å². The quantitative estimate of drug-likeness (QED) is 0.0424. The maximum absolute atomic E-state index is 11.3. The van der Waals surface area contributed by atoms with Gasteiger partial charge in [-0.15, -0.1) is 13.2 Å². The number of carboxylic acid groups (broad SMARTS) is 1. The molecule has 0 heterocycles. The van der Waals surface area contributed by atoms with E-state index in [0.717, 1.165) is 32.1 Å². The molecule has 0 aliphatic carbocycles. The smallest absolute Gasteiger partial charge is 1.00 e. The Balaban J connectivity index is -0.0000000568. The maximum Gasteiger partial charge on any atom is 1.00 e. The van der Waals surface area contributed by atoms with Crippen molar-refractivity contribution in [2.45, 2.75) is 66.2 Å². The first-order chi connectivity index (χ1) is 13.8. The van der Waals surface area contributed by atoms with Crippen LogP contribution in [0, 0.1) is 11.8 Å². The van der Waals surface area contributed by atoms with Gasteiger partial charge in [0, 0.05) is 0 Å². The molecule has 0 aliphatic heterocycles. The van der Waals surface area contributed by atoms with Crippen LogP contribution in [0.25, 0.3) is 0 Å². The van der Waals surface area contributed by atoms with Gasteiger partial charge in [0.15, 0.2) is 0 Å². The molecule has 1 N–H and O–H groups in total. The summed E-state index contributed by atoms with van der Waals surface area (Å²) in [6.45, 7) is 15.4. The van der Waals surface area contributed by atoms with Crippen LogP contribution in [0.3, 0.4) is 0 Å². The van der Waals surface area contributed by atoms with Crippen LogP contribution in [0.4, 0.5) is 0 Å². The van der Waals surface area contributed by atoms with Crippen molar-refractivity contribution < 1.29 is 139 Å². The Morgan fingerprint density at radius 3 is 1.65 bits per heavy atom. The Labute approximate surface area is 288 Å². The molecule has 0 aromatic rings. The molecule has 0 saturated carbocycles. The van der Waals surface area contributed by atoms with Crippen molar-refractivity contribution in [1.82, 2.24) is 0 Å². The molecular weight excluding hydrogens is 569 g/mol. The van der Waals surface area contributed by atoms with Crippen molar-refractivity contribution in [3.63, 3.8) is 0 Å². The Morgan fingerprint density at radius 2 is 1.39 bits per heavy atom. The van der Waals surface area contributed by atoms with Crippen LogP contribution in [0.5, 0.6) is 0 Å². The molecule has 0 bridgehead atoms. The first-order valence-electron chi connectivity index (χ1n) is 9.70. The topological polar surface area (TPSA) is 113 Å². The van der Waals surface area contributed by atoms with E-state index in [0.29, 0.717) is 13.0 Å². The number of rotatable bonds is 12. The minimum Gasteiger partial charge on any atom is -1.00 e. The maximum atomic E-state index is 11.3. The van der Waals surface area contributed by atoms with Gasteiger partial charge in [-0.1, -0.05) is 68.4 Å². The molecule has 0 spiro atoms. The number of ether oxygens (including phenoxy) is 1. The third-order valence-corrected chi connectivity index (χ3v) is 3.19. The van der Waals surface area contributed by atoms with Crippen LogP contribution in [-0.2, 0) is 24.0 Å². The van der Waals surface area contributed by atoms with Crippen molar-refractivity contribution in [2.24, 2.45) is 11.8 Å². The van der Waals surface area contributed by atoms with Gasteiger partial charge in [0.1, 0.15) is 0 Å². The van der Waals surface area contributed by atoms with Crippen molar-refractivity contribution in [2.75, 3.05) is 11.0 Å². The number of hydrogen-bond donors (Lipinski definition) is 1. The molecule has 10 heteroatoms. The molecule has 0 radical (unpaired) electrons. The largest absolute Gasteiger partial charge is 1.00 e. The number of allylic oxidation sites excluding steroid dienone is 2. The fourth-order valence-corrected chi connectivity index (χ4v) is 2.03. The van der Waals surface area contributed by atoms with Crippen molar-refractivity contribution in [3.8, 4) is 0 Å². The van der Waals surface area contributed by atoms with Gasteiger partial charge in [-0.3, -0.25) is 14.4 Å². The number of carbonyl (C=O) groups is 3. The predicted molar refractivity (Wildman–Crippen MR) is 124 cm³/mol. The minimum atomic E-state index is -0.707. The molecule has 0 saturated heterocycles. The van der Waals surface area contributed by atoms with Crippen LogP contribution in [-0.4, -0.2) is 34.6 Å². The summed E-state index contributed by atoms with van der Waals surface area (Å²) in [5.41, 5.74) is 0. The zero-order valence-electron chi connectivity index (χ0n) is 21.2. The van der Waals surface area contributed by atoms with E-state index in [1.807, 2.05) is 13.8 Å². The Bertz CT molecular complexity index is 418. The monoisotopic (exact) mass is 608 g/mol. The van der Waals surface area contributed by atoms with E-state index in [9.17, 15) is 9.59 Å². The molecule has 31 heavy (non-hydrogen) atoms. The summed E-state index contributed by atoms with van der Waals surface area (Å²) in [4.78, 5) is 32.9. The number of alkyl halides is 1. The van der Waals surface area contributed by atoms with E-state index in [1.165, 1.54) is 4.43 Å². The van der Waals surface area contributed by atoms with Crippen LogP contribution in [0.15, 0.2) is 25.3 Å². The Hall–Kier alpha value is 1.85. The zero-order chi connectivity index (χ0) is 23.5. The second-order valence-corrected chi connectivity index (χ2v) is 7.10. The van der Waals surface area contributed by atoms with Gasteiger partial charge in [0.2, 0.25) is 0 Å². The fourth-order valence-electron chi connectivity index (χ4n) is 2.03. The van der Waals surface area contributed by atoms with Gasteiger partial charge < -0.3 is 21.4 Å². The van der Waals surface area contributed by atoms with Crippen LogP contribution >= 0.6 is 22.6 Å². The number of aliphatic carboxylic acids is 1. The molecular formula is C21H39IK2O7. The van der Waals surface area contributed by atoms with Gasteiger partial charge in [-0.25, -0.2) is 0 Å². The van der Waals surface area contributed by atoms with E-state index in [-0.39, 0.29) is 128 Å². The average Bonchev–Trinajstić information content (AvgIpc) is 2.69. The van der Waals surface area contributed by atoms with Gasteiger partial charge in [-0.05, 0) is 37.0 Å². The van der Waals surface area contributed by atoms with Gasteiger partial charge >= 0.3 is 115 Å². The second-order valence-electron chi connectivity index (χ2n) is 5.57. The molecule has 0 fully saturated rings. The summed E-state index contributed by atoms with van der Waals surface area (Å²) in [6.07, 6.45) is 8.33. The van der Waals surface area contributed by atoms with E-state index in [4.69, 9.17) is 19.9 Å². The molecule has 174 valence electrons. The summed E-state index contributed by atoms with van der Waals surface area (Å²) in [5, 5.41) is 17.0. The molecule has 0 aromatic carbocycles. The number of esters is 1. The zero-order valence-corrected chi connectivity index (χ0v) is 28.6. The standard InChI is InChI=1S/C10H18O2.C8H14O2.C2H5I.CH2O3.2K.H/c1-4-7-9(8-5-2)10(11)12-6-3;1-3-5-7(6-4-2)8(9)10;1-2-3;2-1-4-3;;;/h4,9H,1,5-8H2,2-3H3;3,7H,1,4-6H2,2H3,(H,9,10);2H2,1H3;1,3H;;;/q;;;;2*+1;-1/p-1/t9-;7-;;;;;/m00...../s1. The number of halogens is 1. The first kappa shape index (κ1) is 46.2. The van der Waals surface area contributed by atoms with Crippen molar-refractivity contribution in [1.29, 1.82) is 0 Å². The summed E-state index contributed by atoms with van der Waals surface area (Å²) in [7, 11) is 0. The summed E-state index contributed by atoms with van der Waals surface area (Å²) >= 11 is 2.29. The van der Waals surface area contributed by atoms with E-state index in [1.54, 1.807) is 12.2 Å².